The van der Waals surface area contributed by atoms with E-state index in [-0.39, 0.29) is 11.9 Å². The maximum atomic E-state index is 11.6. The summed E-state index contributed by atoms with van der Waals surface area (Å²) in [6, 6.07) is 10.5. The molecule has 5 heteroatoms. The first-order valence-corrected chi connectivity index (χ1v) is 8.58. The molecule has 5 nitrogen and oxygen atoms in total. The fraction of sp³-hybridized carbons (Fsp3) is 0.556. The monoisotopic (exact) mass is 316 g/mol. The lowest BCUT2D eigenvalue weighted by molar-refractivity contribution is -0.127. The number of rotatable bonds is 7. The molecule has 2 N–H and O–H groups in total. The van der Waals surface area contributed by atoms with Crippen molar-refractivity contribution in [3.8, 4) is 0 Å². The molecule has 0 radical (unpaired) electrons. The first-order valence-electron chi connectivity index (χ1n) is 8.58. The maximum absolute atomic E-state index is 11.6. The summed E-state index contributed by atoms with van der Waals surface area (Å²) >= 11 is 0. The Balaban J connectivity index is 1.81. The first-order chi connectivity index (χ1) is 11.2. The normalized spacial score (nSPS) is 16.5. The van der Waals surface area contributed by atoms with E-state index in [9.17, 15) is 4.79 Å². The lowest BCUT2D eigenvalue weighted by Crippen LogP contribution is -2.39. The number of carbonyl (C=O) groups excluding carboxylic acids is 1. The Kier molecular flexibility index (Phi) is 6.91. The van der Waals surface area contributed by atoms with Crippen LogP contribution in [0.5, 0.6) is 0 Å². The van der Waals surface area contributed by atoms with Gasteiger partial charge in [-0.2, -0.15) is 0 Å². The van der Waals surface area contributed by atoms with Gasteiger partial charge in [0.25, 0.3) is 0 Å². The van der Waals surface area contributed by atoms with Crippen LogP contribution in [0.15, 0.2) is 35.3 Å². The van der Waals surface area contributed by atoms with Crippen LogP contribution in [0.2, 0.25) is 0 Å². The standard InChI is InChI=1S/C18H28N4O/c1-3-19-18(21-15(2)16-9-5-4-6-10-16)20-12-8-14-22-13-7-11-17(22)23/h4-6,9-10,15H,3,7-8,11-14H2,1-2H3,(H2,19,20,21). The van der Waals surface area contributed by atoms with Gasteiger partial charge in [-0.15, -0.1) is 0 Å². The molecule has 0 bridgehead atoms. The van der Waals surface area contributed by atoms with Crippen molar-refractivity contribution in [1.82, 2.24) is 15.5 Å². The number of guanidine groups is 1. The Morgan fingerprint density at radius 3 is 2.78 bits per heavy atom. The van der Waals surface area contributed by atoms with Gasteiger partial charge < -0.3 is 15.5 Å². The number of nitrogens with one attached hydrogen (secondary N) is 2. The van der Waals surface area contributed by atoms with Gasteiger partial charge in [-0.05, 0) is 32.3 Å². The summed E-state index contributed by atoms with van der Waals surface area (Å²) in [7, 11) is 0. The molecule has 126 valence electrons. The molecule has 0 spiro atoms. The summed E-state index contributed by atoms with van der Waals surface area (Å²) in [5, 5.41) is 6.71. The van der Waals surface area contributed by atoms with Crippen molar-refractivity contribution < 1.29 is 4.79 Å². The highest BCUT2D eigenvalue weighted by Crippen LogP contribution is 2.11. The summed E-state index contributed by atoms with van der Waals surface area (Å²) in [6.45, 7) is 7.47. The van der Waals surface area contributed by atoms with Crippen molar-refractivity contribution in [2.75, 3.05) is 26.2 Å². The predicted octanol–water partition coefficient (Wildman–Crippen LogP) is 2.32. The summed E-state index contributed by atoms with van der Waals surface area (Å²) in [5.74, 6) is 1.12. The van der Waals surface area contributed by atoms with Gasteiger partial charge in [0.05, 0.1) is 6.04 Å². The molecular weight excluding hydrogens is 288 g/mol. The minimum absolute atomic E-state index is 0.203. The van der Waals surface area contributed by atoms with Crippen molar-refractivity contribution in [3.05, 3.63) is 35.9 Å². The van der Waals surface area contributed by atoms with E-state index in [1.165, 1.54) is 5.56 Å². The van der Waals surface area contributed by atoms with Gasteiger partial charge >= 0.3 is 0 Å². The molecule has 1 heterocycles. The summed E-state index contributed by atoms with van der Waals surface area (Å²) in [6.07, 6.45) is 2.62. The lowest BCUT2D eigenvalue weighted by atomic mass is 10.1. The van der Waals surface area contributed by atoms with Crippen molar-refractivity contribution in [1.29, 1.82) is 0 Å². The Labute approximate surface area is 139 Å². The molecule has 0 saturated carbocycles. The average molecular weight is 316 g/mol. The zero-order chi connectivity index (χ0) is 16.5. The van der Waals surface area contributed by atoms with Crippen LogP contribution < -0.4 is 10.6 Å². The van der Waals surface area contributed by atoms with E-state index in [1.54, 1.807) is 0 Å². The molecule has 1 amide bonds. The highest BCUT2D eigenvalue weighted by Gasteiger charge is 2.18. The predicted molar refractivity (Wildman–Crippen MR) is 94.4 cm³/mol. The van der Waals surface area contributed by atoms with Crippen LogP contribution in [0.3, 0.4) is 0 Å². The molecule has 0 aliphatic carbocycles. The Morgan fingerprint density at radius 2 is 2.13 bits per heavy atom. The molecule has 0 aromatic heterocycles. The van der Waals surface area contributed by atoms with E-state index < -0.39 is 0 Å². The molecule has 1 aromatic carbocycles. The van der Waals surface area contributed by atoms with Gasteiger partial charge in [0.2, 0.25) is 5.91 Å². The highest BCUT2D eigenvalue weighted by atomic mass is 16.2. The Morgan fingerprint density at radius 1 is 1.35 bits per heavy atom. The van der Waals surface area contributed by atoms with Gasteiger partial charge in [-0.25, -0.2) is 0 Å². The van der Waals surface area contributed by atoms with Gasteiger partial charge in [0.15, 0.2) is 5.96 Å². The van der Waals surface area contributed by atoms with Crippen LogP contribution in [-0.4, -0.2) is 42.9 Å². The van der Waals surface area contributed by atoms with Gasteiger partial charge in [-0.1, -0.05) is 30.3 Å². The van der Waals surface area contributed by atoms with E-state index in [2.05, 4.69) is 41.6 Å². The van der Waals surface area contributed by atoms with Gasteiger partial charge in [0.1, 0.15) is 0 Å². The number of carbonyl (C=O) groups is 1. The summed E-state index contributed by atoms with van der Waals surface area (Å²) in [4.78, 5) is 18.1. The molecule has 23 heavy (non-hydrogen) atoms. The number of hydrogen-bond acceptors (Lipinski definition) is 2. The number of hydrogen-bond donors (Lipinski definition) is 2. The van der Waals surface area contributed by atoms with Crippen LogP contribution in [0.1, 0.15) is 44.7 Å². The second-order valence-electron chi connectivity index (χ2n) is 5.88. The average Bonchev–Trinajstić information content (AvgIpc) is 2.97. The summed E-state index contributed by atoms with van der Waals surface area (Å²) in [5.41, 5.74) is 1.24. The van der Waals surface area contributed by atoms with Crippen molar-refractivity contribution >= 4 is 11.9 Å². The molecule has 2 rings (SSSR count). The molecule has 1 unspecified atom stereocenters. The van der Waals surface area contributed by atoms with E-state index in [0.717, 1.165) is 45.0 Å². The molecule has 1 saturated heterocycles. The van der Waals surface area contributed by atoms with Crippen LogP contribution in [0.4, 0.5) is 0 Å². The number of nitrogens with zero attached hydrogens (tertiary/aromatic N) is 2. The minimum Gasteiger partial charge on any atom is -0.357 e. The molecule has 1 atom stereocenters. The number of benzene rings is 1. The Bertz CT molecular complexity index is 515. The third kappa shape index (κ3) is 5.58. The largest absolute Gasteiger partial charge is 0.357 e. The van der Waals surface area contributed by atoms with Crippen LogP contribution in [-0.2, 0) is 4.79 Å². The van der Waals surface area contributed by atoms with E-state index in [0.29, 0.717) is 6.42 Å². The summed E-state index contributed by atoms with van der Waals surface area (Å²) < 4.78 is 0. The lowest BCUT2D eigenvalue weighted by Gasteiger charge is -2.18. The molecule has 1 aliphatic rings. The van der Waals surface area contributed by atoms with E-state index in [1.807, 2.05) is 23.1 Å². The smallest absolute Gasteiger partial charge is 0.222 e. The topological polar surface area (TPSA) is 56.7 Å². The van der Waals surface area contributed by atoms with Gasteiger partial charge in [-0.3, -0.25) is 9.79 Å². The van der Waals surface area contributed by atoms with Gasteiger partial charge in [0, 0.05) is 32.6 Å². The third-order valence-corrected chi connectivity index (χ3v) is 4.02. The van der Waals surface area contributed by atoms with Crippen LogP contribution >= 0.6 is 0 Å². The molecular formula is C18H28N4O. The highest BCUT2D eigenvalue weighted by molar-refractivity contribution is 5.80. The minimum atomic E-state index is 0.203. The quantitative estimate of drug-likeness (QED) is 0.461. The second-order valence-corrected chi connectivity index (χ2v) is 5.88. The molecule has 1 aliphatic heterocycles. The van der Waals surface area contributed by atoms with E-state index >= 15 is 0 Å². The fourth-order valence-electron chi connectivity index (χ4n) is 2.74. The van der Waals surface area contributed by atoms with Crippen LogP contribution in [0.25, 0.3) is 0 Å². The number of likely N-dealkylation sites (tertiary alicyclic amines) is 1. The maximum Gasteiger partial charge on any atom is 0.222 e. The van der Waals surface area contributed by atoms with Crippen LogP contribution in [0, 0.1) is 0 Å². The fourth-order valence-corrected chi connectivity index (χ4v) is 2.74. The Hall–Kier alpha value is -2.04. The van der Waals surface area contributed by atoms with Crippen molar-refractivity contribution in [2.45, 2.75) is 39.2 Å². The SMILES string of the molecule is CCNC(=NCCCN1CCCC1=O)NC(C)c1ccccc1. The number of aliphatic imine (C=N–C) groups is 1. The second kappa shape index (κ2) is 9.18. The number of amides is 1. The zero-order valence-electron chi connectivity index (χ0n) is 14.2. The molecule has 1 fully saturated rings. The zero-order valence-corrected chi connectivity index (χ0v) is 14.2. The third-order valence-electron chi connectivity index (χ3n) is 4.02. The van der Waals surface area contributed by atoms with E-state index in [4.69, 9.17) is 0 Å². The van der Waals surface area contributed by atoms with Crippen molar-refractivity contribution in [3.63, 3.8) is 0 Å². The molecule has 1 aromatic rings. The first kappa shape index (κ1) is 17.3. The van der Waals surface area contributed by atoms with Crippen molar-refractivity contribution in [2.24, 2.45) is 4.99 Å².